The van der Waals surface area contributed by atoms with Gasteiger partial charge in [0.15, 0.2) is 0 Å². The predicted octanol–water partition coefficient (Wildman–Crippen LogP) is 2.41. The van der Waals surface area contributed by atoms with Crippen LogP contribution in [0.4, 0.5) is 10.1 Å². The Morgan fingerprint density at radius 2 is 2.16 bits per heavy atom. The molecule has 1 heterocycles. The molecule has 7 heteroatoms. The number of nitro groups is 1. The van der Waals surface area contributed by atoms with Crippen LogP contribution >= 0.6 is 0 Å². The highest BCUT2D eigenvalue weighted by atomic mass is 19.1. The number of nitriles is 1. The summed E-state index contributed by atoms with van der Waals surface area (Å²) in [5.74, 6) is -0.685. The summed E-state index contributed by atoms with van der Waals surface area (Å²) in [5, 5.41) is 23.9. The lowest BCUT2D eigenvalue weighted by Gasteiger charge is -2.06. The lowest BCUT2D eigenvalue weighted by atomic mass is 10.2. The first kappa shape index (κ1) is 12.7. The van der Waals surface area contributed by atoms with Crippen molar-refractivity contribution in [3.05, 3.63) is 51.1 Å². The number of hydrogen-bond donors (Lipinski definition) is 0. The quantitative estimate of drug-likeness (QED) is 0.613. The van der Waals surface area contributed by atoms with Gasteiger partial charge in [-0.1, -0.05) is 6.07 Å². The van der Waals surface area contributed by atoms with E-state index in [-0.39, 0.29) is 28.3 Å². The van der Waals surface area contributed by atoms with Crippen molar-refractivity contribution in [1.82, 2.24) is 9.78 Å². The normalized spacial score (nSPS) is 10.2. The zero-order chi connectivity index (χ0) is 14.2. The Balaban J connectivity index is 2.75. The second-order valence-electron chi connectivity index (χ2n) is 3.93. The Hall–Kier alpha value is -2.75. The minimum absolute atomic E-state index is 0.131. The van der Waals surface area contributed by atoms with Crippen molar-refractivity contribution in [2.45, 2.75) is 13.8 Å². The summed E-state index contributed by atoms with van der Waals surface area (Å²) in [6, 6.07) is 5.81. The maximum atomic E-state index is 13.5. The van der Waals surface area contributed by atoms with E-state index < -0.39 is 10.7 Å². The van der Waals surface area contributed by atoms with E-state index >= 15 is 0 Å². The van der Waals surface area contributed by atoms with Crippen molar-refractivity contribution in [2.24, 2.45) is 0 Å². The lowest BCUT2D eigenvalue weighted by molar-refractivity contribution is -0.386. The molecule has 0 N–H and O–H groups in total. The van der Waals surface area contributed by atoms with Crippen LogP contribution in [0.1, 0.15) is 17.0 Å². The van der Waals surface area contributed by atoms with E-state index in [1.807, 2.05) is 0 Å². The Kier molecular flexibility index (Phi) is 3.00. The third-order valence-corrected chi connectivity index (χ3v) is 2.77. The summed E-state index contributed by atoms with van der Waals surface area (Å²) in [6.45, 7) is 3.00. The highest BCUT2D eigenvalue weighted by molar-refractivity contribution is 5.53. The average molecular weight is 260 g/mol. The molecule has 0 aliphatic rings. The van der Waals surface area contributed by atoms with Crippen molar-refractivity contribution in [2.75, 3.05) is 0 Å². The SMILES string of the molecule is Cc1nn(-c2cccc(F)c2C#N)c(C)c1[N+](=O)[O-]. The van der Waals surface area contributed by atoms with Crippen molar-refractivity contribution >= 4 is 5.69 Å². The number of aromatic nitrogens is 2. The number of nitrogens with zero attached hydrogens (tertiary/aromatic N) is 4. The molecular weight excluding hydrogens is 251 g/mol. The van der Waals surface area contributed by atoms with E-state index in [1.165, 1.54) is 30.7 Å². The zero-order valence-corrected chi connectivity index (χ0v) is 10.2. The van der Waals surface area contributed by atoms with E-state index in [1.54, 1.807) is 6.07 Å². The van der Waals surface area contributed by atoms with Gasteiger partial charge in [-0.15, -0.1) is 0 Å². The van der Waals surface area contributed by atoms with Gasteiger partial charge in [-0.3, -0.25) is 10.1 Å². The zero-order valence-electron chi connectivity index (χ0n) is 10.2. The molecule has 2 rings (SSSR count). The first-order valence-electron chi connectivity index (χ1n) is 5.37. The third-order valence-electron chi connectivity index (χ3n) is 2.77. The molecule has 0 atom stereocenters. The minimum atomic E-state index is -0.685. The van der Waals surface area contributed by atoms with Crippen molar-refractivity contribution < 1.29 is 9.31 Å². The fourth-order valence-corrected chi connectivity index (χ4v) is 1.93. The van der Waals surface area contributed by atoms with E-state index in [9.17, 15) is 14.5 Å². The first-order valence-corrected chi connectivity index (χ1v) is 5.37. The fraction of sp³-hybridized carbons (Fsp3) is 0.167. The fourth-order valence-electron chi connectivity index (χ4n) is 1.93. The molecular formula is C12H9FN4O2. The van der Waals surface area contributed by atoms with E-state index in [0.717, 1.165) is 6.07 Å². The van der Waals surface area contributed by atoms with E-state index in [0.29, 0.717) is 0 Å². The Labute approximate surface area is 107 Å². The standard InChI is InChI=1S/C12H9FN4O2/c1-7-12(17(18)19)8(2)16(15-7)11-5-3-4-10(13)9(11)6-14/h3-5H,1-2H3. The van der Waals surface area contributed by atoms with Crippen LogP contribution < -0.4 is 0 Å². The topological polar surface area (TPSA) is 84.8 Å². The number of hydrogen-bond acceptors (Lipinski definition) is 4. The molecule has 0 aliphatic carbocycles. The van der Waals surface area contributed by atoms with Gasteiger partial charge < -0.3 is 0 Å². The molecule has 19 heavy (non-hydrogen) atoms. The van der Waals surface area contributed by atoms with Crippen LogP contribution in [0.5, 0.6) is 0 Å². The number of rotatable bonds is 2. The second kappa shape index (κ2) is 4.49. The number of halogens is 1. The third kappa shape index (κ3) is 1.93. The Morgan fingerprint density at radius 1 is 1.47 bits per heavy atom. The maximum Gasteiger partial charge on any atom is 0.313 e. The molecule has 6 nitrogen and oxygen atoms in total. The molecule has 96 valence electrons. The maximum absolute atomic E-state index is 13.5. The van der Waals surface area contributed by atoms with Gasteiger partial charge in [0, 0.05) is 0 Å². The van der Waals surface area contributed by atoms with Gasteiger partial charge in [-0.05, 0) is 26.0 Å². The molecule has 0 bridgehead atoms. The van der Waals surface area contributed by atoms with Gasteiger partial charge >= 0.3 is 5.69 Å². The molecule has 1 aromatic carbocycles. The minimum Gasteiger partial charge on any atom is -0.258 e. The molecule has 0 radical (unpaired) electrons. The summed E-state index contributed by atoms with van der Waals surface area (Å²) in [4.78, 5) is 10.4. The van der Waals surface area contributed by atoms with Crippen LogP contribution in [0.25, 0.3) is 5.69 Å². The van der Waals surface area contributed by atoms with Gasteiger partial charge in [0.25, 0.3) is 0 Å². The van der Waals surface area contributed by atoms with Gasteiger partial charge in [0.1, 0.15) is 28.8 Å². The molecule has 0 fully saturated rings. The first-order chi connectivity index (χ1) is 8.97. The van der Waals surface area contributed by atoms with Crippen LogP contribution in [0.15, 0.2) is 18.2 Å². The highest BCUT2D eigenvalue weighted by Crippen LogP contribution is 2.26. The van der Waals surface area contributed by atoms with Crippen molar-refractivity contribution in [1.29, 1.82) is 5.26 Å². The molecule has 1 aromatic heterocycles. The van der Waals surface area contributed by atoms with Gasteiger partial charge in [0.05, 0.1) is 10.6 Å². The average Bonchev–Trinajstić information content (AvgIpc) is 2.64. The van der Waals surface area contributed by atoms with Crippen LogP contribution in [0.2, 0.25) is 0 Å². The summed E-state index contributed by atoms with van der Waals surface area (Å²) >= 11 is 0. The van der Waals surface area contributed by atoms with Crippen LogP contribution in [-0.4, -0.2) is 14.7 Å². The summed E-state index contributed by atoms with van der Waals surface area (Å²) < 4.78 is 14.8. The lowest BCUT2D eigenvalue weighted by Crippen LogP contribution is -2.04. The molecule has 0 amide bonds. The van der Waals surface area contributed by atoms with Crippen molar-refractivity contribution in [3.63, 3.8) is 0 Å². The van der Waals surface area contributed by atoms with Gasteiger partial charge in [0.2, 0.25) is 0 Å². The largest absolute Gasteiger partial charge is 0.313 e. The van der Waals surface area contributed by atoms with Crippen LogP contribution in [0, 0.1) is 41.1 Å². The summed E-state index contributed by atoms with van der Waals surface area (Å²) in [6.07, 6.45) is 0. The summed E-state index contributed by atoms with van der Waals surface area (Å²) in [5.41, 5.74) is 0.340. The van der Waals surface area contributed by atoms with Crippen LogP contribution in [0.3, 0.4) is 0 Å². The smallest absolute Gasteiger partial charge is 0.258 e. The number of benzene rings is 1. The van der Waals surface area contributed by atoms with E-state index in [4.69, 9.17) is 5.26 Å². The second-order valence-corrected chi connectivity index (χ2v) is 3.93. The van der Waals surface area contributed by atoms with Crippen LogP contribution in [-0.2, 0) is 0 Å². The molecule has 0 saturated heterocycles. The van der Waals surface area contributed by atoms with Crippen molar-refractivity contribution in [3.8, 4) is 11.8 Å². The summed E-state index contributed by atoms with van der Waals surface area (Å²) in [7, 11) is 0. The van der Waals surface area contributed by atoms with Gasteiger partial charge in [-0.2, -0.15) is 10.4 Å². The van der Waals surface area contributed by atoms with E-state index in [2.05, 4.69) is 5.10 Å². The Morgan fingerprint density at radius 3 is 2.68 bits per heavy atom. The Bertz CT molecular complexity index is 715. The van der Waals surface area contributed by atoms with Gasteiger partial charge in [-0.25, -0.2) is 9.07 Å². The molecule has 0 aliphatic heterocycles. The molecule has 2 aromatic rings. The molecule has 0 saturated carbocycles. The highest BCUT2D eigenvalue weighted by Gasteiger charge is 2.24. The molecule has 0 unspecified atom stereocenters. The predicted molar refractivity (Wildman–Crippen MR) is 64.4 cm³/mol. The number of aryl methyl sites for hydroxylation is 1. The monoisotopic (exact) mass is 260 g/mol. The molecule has 0 spiro atoms.